The fraction of sp³-hybridized carbons (Fsp3) is 0. The molecule has 0 unspecified atom stereocenters. The Hall–Kier alpha value is -0.750. The van der Waals surface area contributed by atoms with E-state index in [1.807, 2.05) is 0 Å². The molecule has 0 saturated heterocycles. The Balaban J connectivity index is 3.28. The third-order valence-corrected chi connectivity index (χ3v) is 1.46. The van der Waals surface area contributed by atoms with E-state index in [-0.39, 0.29) is 15.5 Å². The average molecular weight is 176 g/mol. The standard InChI is InChI=1S/C4H4N2O2S2/c7-3(8)1-2(9)6-4(10)5-1/h9H,(H,7,8)(H2,5,6,10). The van der Waals surface area contributed by atoms with Crippen molar-refractivity contribution in [1.29, 1.82) is 0 Å². The second-order valence-electron chi connectivity index (χ2n) is 1.61. The van der Waals surface area contributed by atoms with Crippen LogP contribution < -0.4 is 0 Å². The van der Waals surface area contributed by atoms with Gasteiger partial charge in [0, 0.05) is 0 Å². The second-order valence-corrected chi connectivity index (χ2v) is 2.46. The molecule has 0 radical (unpaired) electrons. The number of hydrogen-bond donors (Lipinski definition) is 4. The first-order valence-electron chi connectivity index (χ1n) is 2.36. The van der Waals surface area contributed by atoms with Crippen LogP contribution in [0.4, 0.5) is 0 Å². The number of thiol groups is 1. The number of imidazole rings is 1. The zero-order chi connectivity index (χ0) is 7.72. The Morgan fingerprint density at radius 1 is 1.60 bits per heavy atom. The fourth-order valence-electron chi connectivity index (χ4n) is 0.529. The number of carboxylic acid groups (broad SMARTS) is 1. The number of aromatic nitrogens is 2. The summed E-state index contributed by atoms with van der Waals surface area (Å²) < 4.78 is 0.266. The molecule has 1 rings (SSSR count). The summed E-state index contributed by atoms with van der Waals surface area (Å²) in [5.74, 6) is -1.07. The van der Waals surface area contributed by atoms with Gasteiger partial charge in [0.1, 0.15) is 5.03 Å². The Morgan fingerprint density at radius 3 is 2.40 bits per heavy atom. The molecule has 1 aromatic heterocycles. The zero-order valence-electron chi connectivity index (χ0n) is 4.71. The normalized spacial score (nSPS) is 9.70. The molecule has 1 aromatic rings. The fourth-order valence-corrected chi connectivity index (χ4v) is 1.07. The molecule has 1 heterocycles. The van der Waals surface area contributed by atoms with Crippen LogP contribution in [0.25, 0.3) is 0 Å². The maximum atomic E-state index is 10.3. The molecule has 0 aromatic carbocycles. The van der Waals surface area contributed by atoms with Gasteiger partial charge in [0.05, 0.1) is 0 Å². The molecule has 0 bridgehead atoms. The molecule has 0 fully saturated rings. The summed E-state index contributed by atoms with van der Waals surface area (Å²) in [4.78, 5) is 15.2. The van der Waals surface area contributed by atoms with Crippen molar-refractivity contribution in [2.24, 2.45) is 0 Å². The van der Waals surface area contributed by atoms with Crippen molar-refractivity contribution >= 4 is 30.8 Å². The van der Waals surface area contributed by atoms with E-state index in [0.29, 0.717) is 0 Å². The Morgan fingerprint density at radius 2 is 2.20 bits per heavy atom. The highest BCUT2D eigenvalue weighted by atomic mass is 32.1. The summed E-state index contributed by atoms with van der Waals surface area (Å²) in [6.45, 7) is 0. The first-order valence-corrected chi connectivity index (χ1v) is 3.21. The zero-order valence-corrected chi connectivity index (χ0v) is 6.42. The molecule has 0 aliphatic carbocycles. The van der Waals surface area contributed by atoms with Gasteiger partial charge in [0.15, 0.2) is 10.5 Å². The van der Waals surface area contributed by atoms with Gasteiger partial charge in [-0.05, 0) is 12.2 Å². The number of aromatic amines is 2. The van der Waals surface area contributed by atoms with Crippen molar-refractivity contribution in [2.75, 3.05) is 0 Å². The van der Waals surface area contributed by atoms with Crippen LogP contribution in [0, 0.1) is 4.77 Å². The lowest BCUT2D eigenvalue weighted by atomic mass is 10.5. The molecule has 3 N–H and O–H groups in total. The van der Waals surface area contributed by atoms with E-state index < -0.39 is 5.97 Å². The minimum atomic E-state index is -1.07. The lowest BCUT2D eigenvalue weighted by Crippen LogP contribution is -1.96. The first-order chi connectivity index (χ1) is 4.61. The molecule has 0 spiro atoms. The van der Waals surface area contributed by atoms with E-state index in [4.69, 9.17) is 5.11 Å². The van der Waals surface area contributed by atoms with Crippen molar-refractivity contribution in [3.05, 3.63) is 10.5 Å². The minimum Gasteiger partial charge on any atom is -0.476 e. The smallest absolute Gasteiger partial charge is 0.355 e. The van der Waals surface area contributed by atoms with E-state index in [1.165, 1.54) is 0 Å². The van der Waals surface area contributed by atoms with Crippen LogP contribution >= 0.6 is 24.8 Å². The third kappa shape index (κ3) is 1.22. The van der Waals surface area contributed by atoms with E-state index in [9.17, 15) is 4.79 Å². The van der Waals surface area contributed by atoms with Gasteiger partial charge in [0.2, 0.25) is 0 Å². The van der Waals surface area contributed by atoms with Crippen LogP contribution in [0.2, 0.25) is 0 Å². The van der Waals surface area contributed by atoms with Crippen LogP contribution in [0.15, 0.2) is 5.03 Å². The number of aromatic carboxylic acids is 1. The Kier molecular flexibility index (Phi) is 1.82. The van der Waals surface area contributed by atoms with Gasteiger partial charge >= 0.3 is 5.97 Å². The molecule has 4 nitrogen and oxygen atoms in total. The van der Waals surface area contributed by atoms with Gasteiger partial charge in [-0.25, -0.2) is 4.79 Å². The topological polar surface area (TPSA) is 68.9 Å². The number of carbonyl (C=O) groups is 1. The van der Waals surface area contributed by atoms with Crippen molar-refractivity contribution in [3.8, 4) is 0 Å². The third-order valence-electron chi connectivity index (χ3n) is 0.921. The molecule has 0 aliphatic heterocycles. The second kappa shape index (κ2) is 2.47. The molecule has 0 atom stereocenters. The van der Waals surface area contributed by atoms with Crippen LogP contribution in [0.3, 0.4) is 0 Å². The summed E-state index contributed by atoms with van der Waals surface area (Å²) in [5, 5.41) is 8.68. The lowest BCUT2D eigenvalue weighted by molar-refractivity contribution is 0.0687. The number of hydrogen-bond acceptors (Lipinski definition) is 3. The molecular formula is C4H4N2O2S2. The van der Waals surface area contributed by atoms with Gasteiger partial charge in [-0.3, -0.25) is 0 Å². The van der Waals surface area contributed by atoms with Gasteiger partial charge in [0.25, 0.3) is 0 Å². The van der Waals surface area contributed by atoms with Gasteiger partial charge < -0.3 is 15.1 Å². The molecule has 0 aliphatic rings. The molecule has 0 amide bonds. The van der Waals surface area contributed by atoms with Gasteiger partial charge in [-0.15, -0.1) is 12.6 Å². The predicted molar refractivity (Wildman–Crippen MR) is 40.2 cm³/mol. The van der Waals surface area contributed by atoms with E-state index in [0.717, 1.165) is 0 Å². The number of H-pyrrole nitrogens is 2. The van der Waals surface area contributed by atoms with E-state index in [2.05, 4.69) is 34.8 Å². The highest BCUT2D eigenvalue weighted by Crippen LogP contribution is 2.07. The summed E-state index contributed by atoms with van der Waals surface area (Å²) in [6, 6.07) is 0. The van der Waals surface area contributed by atoms with Gasteiger partial charge in [-0.2, -0.15) is 0 Å². The SMILES string of the molecule is O=C(O)c1[nH]c(=S)[nH]c1S. The molecule has 54 valence electrons. The minimum absolute atomic E-state index is 0.00617. The van der Waals surface area contributed by atoms with Crippen molar-refractivity contribution in [2.45, 2.75) is 5.03 Å². The van der Waals surface area contributed by atoms with Crippen LogP contribution in [0.1, 0.15) is 10.5 Å². The van der Waals surface area contributed by atoms with Crippen LogP contribution in [0.5, 0.6) is 0 Å². The monoisotopic (exact) mass is 176 g/mol. The predicted octanol–water partition coefficient (Wildman–Crippen LogP) is 1.06. The molecule has 6 heteroatoms. The van der Waals surface area contributed by atoms with Crippen LogP contribution in [-0.2, 0) is 0 Å². The highest BCUT2D eigenvalue weighted by molar-refractivity contribution is 7.80. The maximum absolute atomic E-state index is 10.3. The quantitative estimate of drug-likeness (QED) is 0.382. The Labute approximate surface area is 66.7 Å². The van der Waals surface area contributed by atoms with E-state index >= 15 is 0 Å². The summed E-state index contributed by atoms with van der Waals surface area (Å²) in [6.07, 6.45) is 0. The number of nitrogens with one attached hydrogen (secondary N) is 2. The number of carboxylic acids is 1. The Bertz CT molecular complexity index is 313. The molecule has 10 heavy (non-hydrogen) atoms. The molecular weight excluding hydrogens is 172 g/mol. The van der Waals surface area contributed by atoms with Crippen molar-refractivity contribution in [3.63, 3.8) is 0 Å². The first kappa shape index (κ1) is 7.36. The lowest BCUT2D eigenvalue weighted by Gasteiger charge is -1.85. The summed E-state index contributed by atoms with van der Waals surface area (Å²) >= 11 is 8.44. The maximum Gasteiger partial charge on any atom is 0.355 e. The molecule has 0 saturated carbocycles. The van der Waals surface area contributed by atoms with Crippen molar-refractivity contribution < 1.29 is 9.90 Å². The highest BCUT2D eigenvalue weighted by Gasteiger charge is 2.08. The van der Waals surface area contributed by atoms with Crippen LogP contribution in [-0.4, -0.2) is 21.0 Å². The van der Waals surface area contributed by atoms with E-state index in [1.54, 1.807) is 0 Å². The summed E-state index contributed by atoms with van der Waals surface area (Å²) in [5.41, 5.74) is -0.00617. The largest absolute Gasteiger partial charge is 0.476 e. The average Bonchev–Trinajstić information content (AvgIpc) is 2.10. The number of rotatable bonds is 1. The summed E-state index contributed by atoms with van der Waals surface area (Å²) in [7, 11) is 0. The van der Waals surface area contributed by atoms with Crippen molar-refractivity contribution in [1.82, 2.24) is 9.97 Å². The van der Waals surface area contributed by atoms with Gasteiger partial charge in [-0.1, -0.05) is 0 Å².